The van der Waals surface area contributed by atoms with Crippen LogP contribution in [0.1, 0.15) is 23.4 Å². The van der Waals surface area contributed by atoms with E-state index < -0.39 is 5.97 Å². The van der Waals surface area contributed by atoms with Crippen LogP contribution in [0.4, 0.5) is 4.39 Å². The molecule has 0 saturated carbocycles. The maximum absolute atomic E-state index is 13.1. The third kappa shape index (κ3) is 3.57. The SMILES string of the molecule is COC(=O)C1=C(C)N(Cc2ccc(F)cc2)C(=S)N[C@H]1c1cccs1. The number of halogens is 1. The van der Waals surface area contributed by atoms with Crippen molar-refractivity contribution in [1.29, 1.82) is 0 Å². The number of thiocarbonyl (C=S) groups is 1. The van der Waals surface area contributed by atoms with E-state index in [0.717, 1.165) is 16.1 Å². The molecule has 4 nitrogen and oxygen atoms in total. The van der Waals surface area contributed by atoms with Crippen molar-refractivity contribution in [3.8, 4) is 0 Å². The number of nitrogens with zero attached hydrogens (tertiary/aromatic N) is 1. The first kappa shape index (κ1) is 17.6. The Bertz CT molecular complexity index is 816. The summed E-state index contributed by atoms with van der Waals surface area (Å²) >= 11 is 7.06. The fraction of sp³-hybridized carbons (Fsp3) is 0.222. The summed E-state index contributed by atoms with van der Waals surface area (Å²) in [4.78, 5) is 15.2. The largest absolute Gasteiger partial charge is 0.466 e. The van der Waals surface area contributed by atoms with Gasteiger partial charge in [-0.2, -0.15) is 0 Å². The molecule has 2 heterocycles. The first-order valence-corrected chi connectivity index (χ1v) is 8.95. The van der Waals surface area contributed by atoms with Gasteiger partial charge in [-0.25, -0.2) is 9.18 Å². The molecule has 130 valence electrons. The molecule has 0 radical (unpaired) electrons. The molecule has 0 saturated heterocycles. The van der Waals surface area contributed by atoms with Crippen LogP contribution in [-0.4, -0.2) is 23.1 Å². The van der Waals surface area contributed by atoms with Crippen molar-refractivity contribution >= 4 is 34.6 Å². The van der Waals surface area contributed by atoms with Gasteiger partial charge in [-0.15, -0.1) is 11.3 Å². The third-order valence-electron chi connectivity index (χ3n) is 4.08. The molecule has 0 bridgehead atoms. The van der Waals surface area contributed by atoms with Gasteiger partial charge in [-0.3, -0.25) is 0 Å². The number of hydrogen-bond donors (Lipinski definition) is 1. The van der Waals surface area contributed by atoms with Crippen molar-refractivity contribution in [2.45, 2.75) is 19.5 Å². The molecule has 2 aromatic rings. The zero-order chi connectivity index (χ0) is 18.0. The van der Waals surface area contributed by atoms with Crippen LogP contribution in [0.3, 0.4) is 0 Å². The van der Waals surface area contributed by atoms with Crippen LogP contribution in [0, 0.1) is 5.82 Å². The number of methoxy groups -OCH3 is 1. The van der Waals surface area contributed by atoms with Crippen LogP contribution < -0.4 is 5.32 Å². The lowest BCUT2D eigenvalue weighted by molar-refractivity contribution is -0.136. The minimum atomic E-state index is -0.394. The number of allylic oxidation sites excluding steroid dienone is 1. The van der Waals surface area contributed by atoms with Crippen LogP contribution in [0.2, 0.25) is 0 Å². The number of esters is 1. The van der Waals surface area contributed by atoms with Gasteiger partial charge < -0.3 is 15.0 Å². The second-order valence-corrected chi connectivity index (χ2v) is 6.97. The summed E-state index contributed by atoms with van der Waals surface area (Å²) in [6.45, 7) is 2.29. The van der Waals surface area contributed by atoms with Gasteiger partial charge in [0.05, 0.1) is 18.7 Å². The van der Waals surface area contributed by atoms with Crippen molar-refractivity contribution in [3.63, 3.8) is 0 Å². The second-order valence-electron chi connectivity index (χ2n) is 5.60. The highest BCUT2D eigenvalue weighted by atomic mass is 32.1. The average Bonchev–Trinajstić information content (AvgIpc) is 3.13. The van der Waals surface area contributed by atoms with Crippen LogP contribution in [0.5, 0.6) is 0 Å². The van der Waals surface area contributed by atoms with E-state index >= 15 is 0 Å². The summed E-state index contributed by atoms with van der Waals surface area (Å²) in [5.74, 6) is -0.682. The summed E-state index contributed by atoms with van der Waals surface area (Å²) in [5, 5.41) is 5.71. The monoisotopic (exact) mass is 376 g/mol. The van der Waals surface area contributed by atoms with Crippen molar-refractivity contribution < 1.29 is 13.9 Å². The van der Waals surface area contributed by atoms with Gasteiger partial charge in [0.25, 0.3) is 0 Å². The molecule has 1 aliphatic rings. The Hall–Kier alpha value is -2.25. The minimum absolute atomic E-state index is 0.289. The van der Waals surface area contributed by atoms with Crippen molar-refractivity contribution in [2.24, 2.45) is 0 Å². The lowest BCUT2D eigenvalue weighted by Gasteiger charge is -2.37. The van der Waals surface area contributed by atoms with E-state index in [1.165, 1.54) is 19.2 Å². The number of benzene rings is 1. The Morgan fingerprint density at radius 1 is 1.36 bits per heavy atom. The lowest BCUT2D eigenvalue weighted by Crippen LogP contribution is -2.47. The number of rotatable bonds is 4. The maximum atomic E-state index is 13.1. The van der Waals surface area contributed by atoms with Gasteiger partial charge >= 0.3 is 5.97 Å². The summed E-state index contributed by atoms with van der Waals surface area (Å²) < 4.78 is 18.1. The summed E-state index contributed by atoms with van der Waals surface area (Å²) in [6, 6.07) is 9.78. The zero-order valence-electron chi connectivity index (χ0n) is 13.8. The van der Waals surface area contributed by atoms with Crippen LogP contribution in [0.15, 0.2) is 53.0 Å². The first-order chi connectivity index (χ1) is 12.0. The topological polar surface area (TPSA) is 41.6 Å². The number of nitrogens with one attached hydrogen (secondary N) is 1. The van der Waals surface area contributed by atoms with E-state index in [0.29, 0.717) is 17.2 Å². The molecule has 3 rings (SSSR count). The Balaban J connectivity index is 1.99. The highest BCUT2D eigenvalue weighted by Crippen LogP contribution is 2.34. The van der Waals surface area contributed by atoms with E-state index in [-0.39, 0.29) is 11.9 Å². The summed E-state index contributed by atoms with van der Waals surface area (Å²) in [7, 11) is 1.37. The Kier molecular flexibility index (Phi) is 5.15. The van der Waals surface area contributed by atoms with E-state index in [4.69, 9.17) is 17.0 Å². The Labute approximate surface area is 154 Å². The molecule has 0 aliphatic carbocycles. The van der Waals surface area contributed by atoms with Gasteiger partial charge in [0.2, 0.25) is 0 Å². The van der Waals surface area contributed by atoms with E-state index in [1.807, 2.05) is 29.3 Å². The van der Waals surface area contributed by atoms with Gasteiger partial charge in [-0.1, -0.05) is 18.2 Å². The Morgan fingerprint density at radius 3 is 2.68 bits per heavy atom. The smallest absolute Gasteiger partial charge is 0.338 e. The van der Waals surface area contributed by atoms with E-state index in [9.17, 15) is 9.18 Å². The molecule has 1 aromatic heterocycles. The van der Waals surface area contributed by atoms with Crippen LogP contribution in [-0.2, 0) is 16.1 Å². The highest BCUT2D eigenvalue weighted by Gasteiger charge is 2.34. The molecule has 1 N–H and O–H groups in total. The maximum Gasteiger partial charge on any atom is 0.338 e. The number of ether oxygens (including phenoxy) is 1. The van der Waals surface area contributed by atoms with Crippen LogP contribution >= 0.6 is 23.6 Å². The van der Waals surface area contributed by atoms with Crippen LogP contribution in [0.25, 0.3) is 0 Å². The van der Waals surface area contributed by atoms with E-state index in [1.54, 1.807) is 23.5 Å². The quantitative estimate of drug-likeness (QED) is 0.650. The zero-order valence-corrected chi connectivity index (χ0v) is 15.4. The first-order valence-electron chi connectivity index (χ1n) is 7.66. The summed E-state index contributed by atoms with van der Waals surface area (Å²) in [6.07, 6.45) is 0. The lowest BCUT2D eigenvalue weighted by atomic mass is 10.0. The molecule has 0 amide bonds. The van der Waals surface area contributed by atoms with Gasteiger partial charge in [0, 0.05) is 17.1 Å². The highest BCUT2D eigenvalue weighted by molar-refractivity contribution is 7.80. The van der Waals surface area contributed by atoms with Gasteiger partial charge in [0.15, 0.2) is 5.11 Å². The average molecular weight is 376 g/mol. The number of hydrogen-bond acceptors (Lipinski definition) is 4. The normalized spacial score (nSPS) is 17.5. The molecule has 0 unspecified atom stereocenters. The molecule has 1 aromatic carbocycles. The molecule has 25 heavy (non-hydrogen) atoms. The molecule has 1 atom stereocenters. The fourth-order valence-electron chi connectivity index (χ4n) is 2.79. The molecular weight excluding hydrogens is 359 g/mol. The molecule has 0 spiro atoms. The van der Waals surface area contributed by atoms with Crippen molar-refractivity contribution in [2.75, 3.05) is 7.11 Å². The van der Waals surface area contributed by atoms with Gasteiger partial charge in [0.1, 0.15) is 5.82 Å². The summed E-state index contributed by atoms with van der Waals surface area (Å²) in [5.41, 5.74) is 2.16. The number of carbonyl (C=O) groups is 1. The second kappa shape index (κ2) is 7.33. The third-order valence-corrected chi connectivity index (χ3v) is 5.36. The number of thiophene rings is 1. The molecular formula is C18H17FN2O2S2. The van der Waals surface area contributed by atoms with Gasteiger partial charge in [-0.05, 0) is 48.3 Å². The van der Waals surface area contributed by atoms with Crippen molar-refractivity contribution in [3.05, 3.63) is 69.3 Å². The predicted octanol–water partition coefficient (Wildman–Crippen LogP) is 3.77. The van der Waals surface area contributed by atoms with E-state index in [2.05, 4.69) is 5.32 Å². The van der Waals surface area contributed by atoms with Crippen molar-refractivity contribution in [1.82, 2.24) is 10.2 Å². The molecule has 1 aliphatic heterocycles. The minimum Gasteiger partial charge on any atom is -0.466 e. The number of carbonyl (C=O) groups excluding carboxylic acids is 1. The Morgan fingerprint density at radius 2 is 2.08 bits per heavy atom. The predicted molar refractivity (Wildman–Crippen MR) is 99.5 cm³/mol. The fourth-order valence-corrected chi connectivity index (χ4v) is 3.89. The molecule has 0 fully saturated rings. The standard InChI is InChI=1S/C18H17FN2O2S2/c1-11-15(17(22)23-2)16(14-4-3-9-25-14)20-18(24)21(11)10-12-5-7-13(19)8-6-12/h3-9,16H,10H2,1-2H3,(H,20,24)/t16-/m0/s1. The molecule has 7 heteroatoms.